The van der Waals surface area contributed by atoms with Crippen molar-refractivity contribution >= 4 is 5.97 Å². The van der Waals surface area contributed by atoms with Crippen LogP contribution in [0.25, 0.3) is 0 Å². The van der Waals surface area contributed by atoms with Crippen molar-refractivity contribution in [3.8, 4) is 0 Å². The van der Waals surface area contributed by atoms with Crippen LogP contribution in [0, 0.1) is 44.8 Å². The molecule has 14 heteroatoms. The Morgan fingerprint density at radius 2 is 1.40 bits per heavy atom. The maximum atomic E-state index is 13.1. The number of carboxylic acids is 1. The first kappa shape index (κ1) is 41.9. The summed E-state index contributed by atoms with van der Waals surface area (Å²) in [5, 5.41) is 96.4. The second-order valence-corrected chi connectivity index (χ2v) is 20.1. The largest absolute Gasteiger partial charge is 0.481 e. The molecule has 0 aromatic rings. The third-order valence-electron chi connectivity index (χ3n) is 16.8. The second-order valence-electron chi connectivity index (χ2n) is 20.1. The van der Waals surface area contributed by atoms with E-state index in [0.29, 0.717) is 25.7 Å². The van der Waals surface area contributed by atoms with Gasteiger partial charge in [0, 0.05) is 0 Å². The van der Waals surface area contributed by atoms with Crippen LogP contribution < -0.4 is 0 Å². The molecule has 6 fully saturated rings. The Hall–Kier alpha value is -1.27. The molecule has 2 saturated heterocycles. The molecule has 19 atom stereocenters. The first-order valence-corrected chi connectivity index (χ1v) is 20.5. The molecule has 0 bridgehead atoms. The summed E-state index contributed by atoms with van der Waals surface area (Å²) in [5.41, 5.74) is -1.83. The fourth-order valence-corrected chi connectivity index (χ4v) is 13.5. The maximum Gasteiger partial charge on any atom is 0.312 e. The molecule has 9 unspecified atom stereocenters. The van der Waals surface area contributed by atoms with Crippen LogP contribution in [0.3, 0.4) is 0 Å². The van der Waals surface area contributed by atoms with Crippen molar-refractivity contribution < 1.29 is 69.7 Å². The number of carboxylic acid groups (broad SMARTS) is 1. The van der Waals surface area contributed by atoms with Crippen LogP contribution in [-0.2, 0) is 23.7 Å². The Bertz CT molecular complexity index is 1490. The van der Waals surface area contributed by atoms with Gasteiger partial charge >= 0.3 is 5.97 Å². The Kier molecular flexibility index (Phi) is 10.8. The van der Waals surface area contributed by atoms with Gasteiger partial charge in [-0.2, -0.15) is 0 Å². The van der Waals surface area contributed by atoms with Crippen molar-refractivity contribution in [2.24, 2.45) is 44.8 Å². The monoisotopic (exact) mass is 782 g/mol. The van der Waals surface area contributed by atoms with Gasteiger partial charge in [0.25, 0.3) is 0 Å². The van der Waals surface area contributed by atoms with E-state index in [1.54, 1.807) is 0 Å². The van der Waals surface area contributed by atoms with E-state index >= 15 is 0 Å². The standard InChI is InChI=1S/C41H66O14/c1-36(2)14-15-41(35(50)51)21(16-36)20-8-9-24-37(3)11-7-12-40(6,25(37)10-13-38(24,4)39(20,5)17-26(41)44)55-34-32(30(48)28(46)23(19-43)53-34)54-33-31(49)29(47)27(45)22(18-42)52-33/h8,21-34,42-49H,7,9-19H2,1-6H3,(H,50,51)/t21?,22-,23-,24?,25?,26?,27-,28-,29+,30+,31-,32-,33+,34+,37?,38?,39?,40?,41?/m1/s1. The summed E-state index contributed by atoms with van der Waals surface area (Å²) in [4.78, 5) is 13.1. The Morgan fingerprint density at radius 3 is 2.04 bits per heavy atom. The van der Waals surface area contributed by atoms with Crippen LogP contribution >= 0.6 is 0 Å². The minimum atomic E-state index is -1.77. The molecule has 7 aliphatic rings. The van der Waals surface area contributed by atoms with Crippen LogP contribution in [0.1, 0.15) is 106 Å². The molecular weight excluding hydrogens is 716 g/mol. The zero-order chi connectivity index (χ0) is 40.3. The molecule has 2 aliphatic heterocycles. The molecule has 2 heterocycles. The number of fused-ring (bicyclic) bond motifs is 7. The lowest BCUT2D eigenvalue weighted by atomic mass is 9.34. The zero-order valence-electron chi connectivity index (χ0n) is 33.2. The first-order valence-electron chi connectivity index (χ1n) is 20.5. The van der Waals surface area contributed by atoms with Gasteiger partial charge in [0.15, 0.2) is 12.6 Å². The Morgan fingerprint density at radius 1 is 0.764 bits per heavy atom. The van der Waals surface area contributed by atoms with Crippen molar-refractivity contribution in [2.45, 2.75) is 179 Å². The van der Waals surface area contributed by atoms with E-state index in [0.717, 1.165) is 38.5 Å². The van der Waals surface area contributed by atoms with Crippen molar-refractivity contribution in [3.05, 3.63) is 11.6 Å². The lowest BCUT2D eigenvalue weighted by molar-refractivity contribution is -0.386. The molecule has 9 N–H and O–H groups in total. The van der Waals surface area contributed by atoms with E-state index in [-0.39, 0.29) is 34.0 Å². The number of carbonyl (C=O) groups is 1. The topological polar surface area (TPSA) is 236 Å². The molecule has 55 heavy (non-hydrogen) atoms. The summed E-state index contributed by atoms with van der Waals surface area (Å²) >= 11 is 0. The summed E-state index contributed by atoms with van der Waals surface area (Å²) in [6.07, 6.45) is -6.94. The number of aliphatic carboxylic acids is 1. The van der Waals surface area contributed by atoms with Gasteiger partial charge in [0.2, 0.25) is 0 Å². The van der Waals surface area contributed by atoms with Gasteiger partial charge in [-0.3, -0.25) is 4.79 Å². The Balaban J connectivity index is 1.20. The number of allylic oxidation sites excluding steroid dienone is 2. The average Bonchev–Trinajstić information content (AvgIpc) is 3.11. The molecule has 0 aromatic carbocycles. The van der Waals surface area contributed by atoms with Crippen molar-refractivity contribution in [1.29, 1.82) is 0 Å². The zero-order valence-corrected chi connectivity index (χ0v) is 33.2. The highest BCUT2D eigenvalue weighted by Gasteiger charge is 2.71. The van der Waals surface area contributed by atoms with Crippen LogP contribution in [0.4, 0.5) is 0 Å². The van der Waals surface area contributed by atoms with Crippen LogP contribution in [-0.4, -0.2) is 138 Å². The summed E-state index contributed by atoms with van der Waals surface area (Å²) in [7, 11) is 0. The van der Waals surface area contributed by atoms with Gasteiger partial charge in [-0.1, -0.05) is 52.7 Å². The molecule has 314 valence electrons. The normalized spacial score (nSPS) is 54.9. The van der Waals surface area contributed by atoms with Crippen molar-refractivity contribution in [2.75, 3.05) is 13.2 Å². The predicted molar refractivity (Wildman–Crippen MR) is 195 cm³/mol. The highest BCUT2D eigenvalue weighted by molar-refractivity contribution is 5.77. The lowest BCUT2D eigenvalue weighted by Crippen LogP contribution is -2.69. The number of rotatable bonds is 7. The summed E-state index contributed by atoms with van der Waals surface area (Å²) in [6.45, 7) is 12.1. The number of hydrogen-bond donors (Lipinski definition) is 9. The molecular formula is C41H66O14. The molecule has 0 spiro atoms. The van der Waals surface area contributed by atoms with E-state index in [9.17, 15) is 50.8 Å². The first-order chi connectivity index (χ1) is 25.6. The van der Waals surface area contributed by atoms with Gasteiger partial charge in [-0.25, -0.2) is 0 Å². The average molecular weight is 783 g/mol. The maximum absolute atomic E-state index is 13.1. The van der Waals surface area contributed by atoms with Crippen molar-refractivity contribution in [1.82, 2.24) is 0 Å². The van der Waals surface area contributed by atoms with Gasteiger partial charge in [0.1, 0.15) is 54.2 Å². The van der Waals surface area contributed by atoms with Gasteiger partial charge in [-0.15, -0.1) is 0 Å². The second kappa shape index (κ2) is 14.2. The predicted octanol–water partition coefficient (Wildman–Crippen LogP) is 1.61. The Labute approximate surface area is 323 Å². The minimum absolute atomic E-state index is 0.0151. The lowest BCUT2D eigenvalue weighted by Gasteiger charge is -2.71. The quantitative estimate of drug-likeness (QED) is 0.167. The smallest absolute Gasteiger partial charge is 0.312 e. The molecule has 4 saturated carbocycles. The van der Waals surface area contributed by atoms with E-state index < -0.39 is 103 Å². The molecule has 0 radical (unpaired) electrons. The molecule has 7 rings (SSSR count). The third-order valence-corrected chi connectivity index (χ3v) is 16.8. The molecule has 0 aromatic heterocycles. The number of aliphatic hydroxyl groups excluding tert-OH is 8. The summed E-state index contributed by atoms with van der Waals surface area (Å²) in [6, 6.07) is 0. The highest BCUT2D eigenvalue weighted by atomic mass is 16.8. The fraction of sp³-hybridized carbons (Fsp3) is 0.927. The van der Waals surface area contributed by atoms with Crippen molar-refractivity contribution in [3.63, 3.8) is 0 Å². The molecule has 0 amide bonds. The number of aliphatic hydroxyl groups is 8. The summed E-state index contributed by atoms with van der Waals surface area (Å²) in [5.74, 6) is -0.996. The van der Waals surface area contributed by atoms with E-state index in [4.69, 9.17) is 18.9 Å². The molecule has 14 nitrogen and oxygen atoms in total. The third kappa shape index (κ3) is 6.13. The van der Waals surface area contributed by atoms with Gasteiger partial charge in [0.05, 0.1) is 24.9 Å². The highest BCUT2D eigenvalue weighted by Crippen LogP contribution is 2.75. The van der Waals surface area contributed by atoms with E-state index in [1.165, 1.54) is 5.57 Å². The van der Waals surface area contributed by atoms with Gasteiger partial charge < -0.3 is 64.9 Å². The fourth-order valence-electron chi connectivity index (χ4n) is 13.5. The number of ether oxygens (including phenoxy) is 4. The SMILES string of the molecule is CC1(C)CCC2(C(=O)O)C(O)CC3(C)C(=CCC4C5(C)CCCC(C)(O[C@@H]6O[C@H](CO)[C@@H](O)[C@H](O)[C@H]6O[C@@H]6O[C@H](CO)[C@@H](O)[C@H](O)[C@H]6O)C5CCC43C)C2C1. The number of hydrogen-bond acceptors (Lipinski definition) is 13. The van der Waals surface area contributed by atoms with E-state index in [1.807, 2.05) is 6.92 Å². The van der Waals surface area contributed by atoms with Crippen LogP contribution in [0.2, 0.25) is 0 Å². The molecule has 5 aliphatic carbocycles. The van der Waals surface area contributed by atoms with Crippen LogP contribution in [0.15, 0.2) is 11.6 Å². The summed E-state index contributed by atoms with van der Waals surface area (Å²) < 4.78 is 24.7. The van der Waals surface area contributed by atoms with Gasteiger partial charge in [-0.05, 0) is 104 Å². The van der Waals surface area contributed by atoms with E-state index in [2.05, 4.69) is 40.7 Å². The van der Waals surface area contributed by atoms with Crippen LogP contribution in [0.5, 0.6) is 0 Å². The minimum Gasteiger partial charge on any atom is -0.481 e.